The van der Waals surface area contributed by atoms with E-state index in [2.05, 4.69) is 26.0 Å². The molecule has 0 bridgehead atoms. The molecule has 2 unspecified atom stereocenters. The van der Waals surface area contributed by atoms with Gasteiger partial charge in [0.1, 0.15) is 12.6 Å². The minimum absolute atomic E-state index is 0.0344. The molecule has 0 N–H and O–H groups in total. The molecule has 0 amide bonds. The lowest BCUT2D eigenvalue weighted by atomic mass is 10.0. The number of allylic oxidation sites excluding steroid dienone is 2. The normalized spacial score (nSPS) is 13.1. The van der Waals surface area contributed by atoms with Gasteiger partial charge in [-0.05, 0) is 32.1 Å². The standard InChI is InChI=1S/C42H79NO7/c1-6-8-10-12-14-16-17-18-19-20-21-22-23-25-26-28-30-32-40(44)49-37-38(36-48-35-34-39(42(46)47)43(3,4)5)50-41(45)33-31-29-27-24-15-13-11-9-7-2/h24,27,38-39H,6-23,25-26,28-37H2,1-5H3/b27-24+. The Morgan fingerprint density at radius 2 is 1.02 bits per heavy atom. The zero-order valence-electron chi connectivity index (χ0n) is 33.3. The van der Waals surface area contributed by atoms with Crippen molar-refractivity contribution in [3.05, 3.63) is 12.2 Å². The number of hydrogen-bond acceptors (Lipinski definition) is 7. The lowest BCUT2D eigenvalue weighted by Gasteiger charge is -2.34. The van der Waals surface area contributed by atoms with E-state index in [0.29, 0.717) is 12.8 Å². The molecule has 0 aromatic rings. The SMILES string of the molecule is CCCCCC/C=C/CCCC(=O)OC(COCCC(C(=O)[O-])[N+](C)(C)C)COC(=O)CCCCCCCCCCCCCCCCCCC. The molecule has 0 aromatic carbocycles. The molecule has 0 aliphatic carbocycles. The smallest absolute Gasteiger partial charge is 0.306 e. The van der Waals surface area contributed by atoms with Crippen LogP contribution in [0.25, 0.3) is 0 Å². The van der Waals surface area contributed by atoms with Crippen LogP contribution >= 0.6 is 0 Å². The van der Waals surface area contributed by atoms with Crippen molar-refractivity contribution >= 4 is 17.9 Å². The zero-order valence-corrected chi connectivity index (χ0v) is 33.3. The van der Waals surface area contributed by atoms with Gasteiger partial charge >= 0.3 is 11.9 Å². The molecular weight excluding hydrogens is 630 g/mol. The molecule has 0 heterocycles. The van der Waals surface area contributed by atoms with Gasteiger partial charge < -0.3 is 28.6 Å². The number of carbonyl (C=O) groups is 3. The molecule has 0 rings (SSSR count). The Hall–Kier alpha value is -1.93. The third-order valence-electron chi connectivity index (χ3n) is 9.40. The van der Waals surface area contributed by atoms with Gasteiger partial charge in [0.15, 0.2) is 6.10 Å². The molecule has 0 radical (unpaired) electrons. The summed E-state index contributed by atoms with van der Waals surface area (Å²) in [6.45, 7) is 4.61. The van der Waals surface area contributed by atoms with Crippen molar-refractivity contribution < 1.29 is 38.2 Å². The Bertz CT molecular complexity index is 838. The van der Waals surface area contributed by atoms with E-state index in [9.17, 15) is 19.5 Å². The third-order valence-corrected chi connectivity index (χ3v) is 9.40. The summed E-state index contributed by atoms with van der Waals surface area (Å²) in [5.41, 5.74) is 0. The maximum Gasteiger partial charge on any atom is 0.306 e. The minimum atomic E-state index is -1.13. The van der Waals surface area contributed by atoms with Crippen LogP contribution in [0.3, 0.4) is 0 Å². The lowest BCUT2D eigenvalue weighted by Crippen LogP contribution is -2.55. The van der Waals surface area contributed by atoms with Gasteiger partial charge in [0.25, 0.3) is 0 Å². The van der Waals surface area contributed by atoms with Gasteiger partial charge in [-0.1, -0.05) is 148 Å². The van der Waals surface area contributed by atoms with Crippen LogP contribution in [0.4, 0.5) is 0 Å². The summed E-state index contributed by atoms with van der Waals surface area (Å²) in [4.78, 5) is 36.6. The molecule has 0 saturated carbocycles. The Morgan fingerprint density at radius 3 is 1.50 bits per heavy atom. The molecular formula is C42H79NO7. The summed E-state index contributed by atoms with van der Waals surface area (Å²) in [6, 6.07) is -0.724. The molecule has 0 fully saturated rings. The predicted octanol–water partition coefficient (Wildman–Crippen LogP) is 9.41. The van der Waals surface area contributed by atoms with Crippen LogP contribution in [0.5, 0.6) is 0 Å². The van der Waals surface area contributed by atoms with Crippen LogP contribution in [0, 0.1) is 0 Å². The number of aliphatic carboxylic acids is 1. The van der Waals surface area contributed by atoms with Gasteiger partial charge in [0, 0.05) is 19.3 Å². The van der Waals surface area contributed by atoms with Gasteiger partial charge in [0.05, 0.1) is 40.3 Å². The highest BCUT2D eigenvalue weighted by molar-refractivity contribution is 5.70. The maximum absolute atomic E-state index is 12.6. The molecule has 8 nitrogen and oxygen atoms in total. The first-order valence-corrected chi connectivity index (χ1v) is 20.7. The summed E-state index contributed by atoms with van der Waals surface area (Å²) in [5.74, 6) is -1.77. The highest BCUT2D eigenvalue weighted by atomic mass is 16.6. The lowest BCUT2D eigenvalue weighted by molar-refractivity contribution is -0.889. The fourth-order valence-electron chi connectivity index (χ4n) is 6.13. The van der Waals surface area contributed by atoms with Crippen LogP contribution < -0.4 is 5.11 Å². The second kappa shape index (κ2) is 34.2. The fourth-order valence-corrected chi connectivity index (χ4v) is 6.13. The second-order valence-electron chi connectivity index (χ2n) is 15.2. The number of carbonyl (C=O) groups excluding carboxylic acids is 3. The Morgan fingerprint density at radius 1 is 0.580 bits per heavy atom. The first kappa shape index (κ1) is 48.1. The summed E-state index contributed by atoms with van der Waals surface area (Å²) >= 11 is 0. The van der Waals surface area contributed by atoms with E-state index >= 15 is 0 Å². The number of nitrogens with zero attached hydrogens (tertiary/aromatic N) is 1. The molecule has 0 aliphatic rings. The highest BCUT2D eigenvalue weighted by Crippen LogP contribution is 2.15. The monoisotopic (exact) mass is 710 g/mol. The van der Waals surface area contributed by atoms with E-state index < -0.39 is 18.1 Å². The van der Waals surface area contributed by atoms with Crippen molar-refractivity contribution in [2.45, 2.75) is 199 Å². The number of carboxylic acids is 1. The van der Waals surface area contributed by atoms with Crippen LogP contribution in [0.1, 0.15) is 187 Å². The van der Waals surface area contributed by atoms with Crippen molar-refractivity contribution in [3.8, 4) is 0 Å². The van der Waals surface area contributed by atoms with Gasteiger partial charge in [-0.25, -0.2) is 0 Å². The molecule has 8 heteroatoms. The van der Waals surface area contributed by atoms with E-state index in [-0.39, 0.29) is 49.1 Å². The van der Waals surface area contributed by atoms with Crippen molar-refractivity contribution in [3.63, 3.8) is 0 Å². The number of hydrogen-bond donors (Lipinski definition) is 0. The molecule has 294 valence electrons. The van der Waals surface area contributed by atoms with Crippen LogP contribution in [-0.2, 0) is 28.6 Å². The van der Waals surface area contributed by atoms with Gasteiger partial charge in [-0.3, -0.25) is 9.59 Å². The number of ether oxygens (including phenoxy) is 3. The number of quaternary nitrogens is 1. The second-order valence-corrected chi connectivity index (χ2v) is 15.2. The van der Waals surface area contributed by atoms with E-state index in [1.807, 2.05) is 0 Å². The number of rotatable bonds is 37. The van der Waals surface area contributed by atoms with E-state index in [1.54, 1.807) is 21.1 Å². The Kier molecular flexibility index (Phi) is 32.9. The number of carboxylic acid groups (broad SMARTS) is 1. The van der Waals surface area contributed by atoms with Gasteiger partial charge in [-0.2, -0.15) is 0 Å². The molecule has 2 atom stereocenters. The maximum atomic E-state index is 12.6. The van der Waals surface area contributed by atoms with Crippen molar-refractivity contribution in [1.29, 1.82) is 0 Å². The van der Waals surface area contributed by atoms with E-state index in [4.69, 9.17) is 14.2 Å². The zero-order chi connectivity index (χ0) is 37.1. The molecule has 0 aromatic heterocycles. The highest BCUT2D eigenvalue weighted by Gasteiger charge is 2.25. The third kappa shape index (κ3) is 32.0. The number of likely N-dealkylation sites (N-methyl/N-ethyl adjacent to an activating group) is 1. The summed E-state index contributed by atoms with van der Waals surface area (Å²) < 4.78 is 17.1. The number of esters is 2. The molecule has 0 spiro atoms. The Balaban J connectivity index is 4.28. The van der Waals surface area contributed by atoms with Crippen LogP contribution in [0.15, 0.2) is 12.2 Å². The van der Waals surface area contributed by atoms with Crippen molar-refractivity contribution in [2.24, 2.45) is 0 Å². The van der Waals surface area contributed by atoms with Gasteiger partial charge in [0.2, 0.25) is 0 Å². The van der Waals surface area contributed by atoms with E-state index in [0.717, 1.165) is 32.1 Å². The molecule has 50 heavy (non-hydrogen) atoms. The quantitative estimate of drug-likeness (QED) is 0.0274. The minimum Gasteiger partial charge on any atom is -0.544 e. The average Bonchev–Trinajstić information content (AvgIpc) is 3.06. The first-order valence-electron chi connectivity index (χ1n) is 20.7. The first-order chi connectivity index (χ1) is 24.1. The molecule has 0 aliphatic heterocycles. The largest absolute Gasteiger partial charge is 0.544 e. The topological polar surface area (TPSA) is 102 Å². The van der Waals surface area contributed by atoms with Crippen molar-refractivity contribution in [2.75, 3.05) is 41.0 Å². The summed E-state index contributed by atoms with van der Waals surface area (Å²) in [5, 5.41) is 11.6. The summed E-state index contributed by atoms with van der Waals surface area (Å²) in [7, 11) is 5.39. The summed E-state index contributed by atoms with van der Waals surface area (Å²) in [6.07, 6.45) is 33.9. The molecule has 0 saturated heterocycles. The predicted molar refractivity (Wildman–Crippen MR) is 204 cm³/mol. The van der Waals surface area contributed by atoms with Crippen molar-refractivity contribution in [1.82, 2.24) is 0 Å². The fraction of sp³-hybridized carbons (Fsp3) is 0.881. The van der Waals surface area contributed by atoms with E-state index in [1.165, 1.54) is 116 Å². The van der Waals surface area contributed by atoms with Crippen LogP contribution in [-0.4, -0.2) is 75.5 Å². The Labute approximate surface area is 308 Å². The average molecular weight is 710 g/mol. The number of unbranched alkanes of at least 4 members (excludes halogenated alkanes) is 21. The van der Waals surface area contributed by atoms with Gasteiger partial charge in [-0.15, -0.1) is 0 Å². The van der Waals surface area contributed by atoms with Crippen LogP contribution in [0.2, 0.25) is 0 Å².